The van der Waals surface area contributed by atoms with E-state index in [0.29, 0.717) is 42.6 Å². The first-order chi connectivity index (χ1) is 16.9. The largest absolute Gasteiger partial charge is 0.393 e. The van der Waals surface area contributed by atoms with Crippen molar-refractivity contribution in [2.75, 3.05) is 35.6 Å². The first kappa shape index (κ1) is 24.4. The van der Waals surface area contributed by atoms with Gasteiger partial charge >= 0.3 is 0 Å². The van der Waals surface area contributed by atoms with E-state index in [-0.39, 0.29) is 4.90 Å². The van der Waals surface area contributed by atoms with E-state index in [9.17, 15) is 8.42 Å². The molecule has 35 heavy (non-hydrogen) atoms. The van der Waals surface area contributed by atoms with Gasteiger partial charge in [0.25, 0.3) is 0 Å². The van der Waals surface area contributed by atoms with Crippen LogP contribution >= 0.6 is 0 Å². The Balaban J connectivity index is 1.65. The summed E-state index contributed by atoms with van der Waals surface area (Å²) in [5, 5.41) is 5.44. The lowest BCUT2D eigenvalue weighted by molar-refractivity contribution is 0.445. The lowest BCUT2D eigenvalue weighted by Gasteiger charge is -2.25. The minimum atomic E-state index is -3.52. The Kier molecular flexibility index (Phi) is 7.18. The summed E-state index contributed by atoms with van der Waals surface area (Å²) >= 11 is 0. The van der Waals surface area contributed by atoms with Crippen LogP contribution in [0.15, 0.2) is 78.0 Å². The molecule has 0 amide bonds. The van der Waals surface area contributed by atoms with Gasteiger partial charge in [0.1, 0.15) is 12.0 Å². The highest BCUT2D eigenvalue weighted by Gasteiger charge is 2.22. The summed E-state index contributed by atoms with van der Waals surface area (Å²) in [5.74, 6) is 1.05. The molecule has 4 rings (SSSR count). The van der Waals surface area contributed by atoms with Crippen LogP contribution < -0.4 is 16.0 Å². The van der Waals surface area contributed by atoms with Gasteiger partial charge in [-0.05, 0) is 42.6 Å². The average Bonchev–Trinajstić information content (AvgIpc) is 2.87. The van der Waals surface area contributed by atoms with Gasteiger partial charge in [0.05, 0.1) is 10.6 Å². The van der Waals surface area contributed by atoms with Gasteiger partial charge in [0, 0.05) is 30.7 Å². The number of aromatic nitrogens is 2. The second-order valence-corrected chi connectivity index (χ2v) is 9.88. The van der Waals surface area contributed by atoms with Gasteiger partial charge < -0.3 is 16.0 Å². The zero-order valence-electron chi connectivity index (χ0n) is 20.1. The number of benzene rings is 3. The van der Waals surface area contributed by atoms with Crippen LogP contribution in [0.1, 0.15) is 20.8 Å². The van der Waals surface area contributed by atoms with E-state index in [1.54, 1.807) is 24.3 Å². The minimum Gasteiger partial charge on any atom is -0.393 e. The molecule has 0 aliphatic carbocycles. The molecule has 1 aromatic heterocycles. The molecule has 0 saturated carbocycles. The quantitative estimate of drug-likeness (QED) is 0.334. The summed E-state index contributed by atoms with van der Waals surface area (Å²) in [5.41, 5.74) is 8.62. The number of hydrogen-bond donors (Lipinski definition) is 2. The molecule has 8 nitrogen and oxygen atoms in total. The number of hydrogen-bond acceptors (Lipinski definition) is 7. The minimum absolute atomic E-state index is 0.246. The maximum Gasteiger partial charge on any atom is 0.243 e. The van der Waals surface area contributed by atoms with Crippen molar-refractivity contribution in [3.8, 4) is 0 Å². The van der Waals surface area contributed by atoms with Crippen LogP contribution in [0.25, 0.3) is 10.8 Å². The molecule has 1 heterocycles. The van der Waals surface area contributed by atoms with E-state index >= 15 is 0 Å². The van der Waals surface area contributed by atoms with Crippen molar-refractivity contribution < 1.29 is 8.42 Å². The summed E-state index contributed by atoms with van der Waals surface area (Å²) in [7, 11) is -3.52. The molecule has 0 bridgehead atoms. The number of nitrogens with one attached hydrogen (secondary N) is 1. The highest BCUT2D eigenvalue weighted by Crippen LogP contribution is 2.36. The van der Waals surface area contributed by atoms with Crippen LogP contribution in [0.4, 0.5) is 28.7 Å². The maximum absolute atomic E-state index is 12.8. The van der Waals surface area contributed by atoms with Gasteiger partial charge in [-0.1, -0.05) is 50.2 Å². The Hall–Kier alpha value is -3.69. The smallest absolute Gasteiger partial charge is 0.243 e. The maximum atomic E-state index is 12.8. The fourth-order valence-corrected chi connectivity index (χ4v) is 5.60. The monoisotopic (exact) mass is 490 g/mol. The average molecular weight is 491 g/mol. The van der Waals surface area contributed by atoms with Gasteiger partial charge in [-0.15, -0.1) is 0 Å². The van der Waals surface area contributed by atoms with Gasteiger partial charge in [-0.3, -0.25) is 0 Å². The predicted octanol–water partition coefficient (Wildman–Crippen LogP) is 5.14. The molecule has 0 spiro atoms. The Labute approximate surface area is 206 Å². The molecule has 0 aliphatic rings. The first-order valence-corrected chi connectivity index (χ1v) is 13.1. The van der Waals surface area contributed by atoms with Crippen LogP contribution in [-0.2, 0) is 10.0 Å². The fraction of sp³-hybridized carbons (Fsp3) is 0.231. The van der Waals surface area contributed by atoms with Crippen LogP contribution in [0.2, 0.25) is 0 Å². The third kappa shape index (κ3) is 4.78. The van der Waals surface area contributed by atoms with E-state index in [4.69, 9.17) is 5.73 Å². The topological polar surface area (TPSA) is 104 Å². The molecule has 0 saturated heterocycles. The normalized spacial score (nSPS) is 11.7. The Bertz CT molecular complexity index is 1410. The number of fused-ring (bicyclic) bond motifs is 1. The summed E-state index contributed by atoms with van der Waals surface area (Å²) in [6, 6.07) is 20.9. The highest BCUT2D eigenvalue weighted by molar-refractivity contribution is 7.89. The van der Waals surface area contributed by atoms with Crippen LogP contribution in [0.5, 0.6) is 0 Å². The SMILES string of the molecule is CCN(c1ncnc(Nc2ccc(S(=O)(=O)N(CC)CC)cc2)c1N)c1cccc2ccccc12. The molecule has 0 radical (unpaired) electrons. The molecule has 0 fully saturated rings. The van der Waals surface area contributed by atoms with Gasteiger partial charge in [-0.2, -0.15) is 4.31 Å². The van der Waals surface area contributed by atoms with E-state index in [2.05, 4.69) is 44.5 Å². The lowest BCUT2D eigenvalue weighted by Crippen LogP contribution is -2.30. The third-order valence-electron chi connectivity index (χ3n) is 5.95. The standard InChI is InChI=1S/C26H30N6O2S/c1-4-31(5-2)35(33,34)21-16-14-20(15-17-21)30-25-24(27)26(29-18-28-25)32(6-3)23-13-9-11-19-10-7-8-12-22(19)23/h7-18H,4-6,27H2,1-3H3,(H,28,29,30). The third-order valence-corrected chi connectivity index (χ3v) is 8.02. The highest BCUT2D eigenvalue weighted by atomic mass is 32.2. The van der Waals surface area contributed by atoms with Gasteiger partial charge in [0.2, 0.25) is 10.0 Å². The van der Waals surface area contributed by atoms with E-state index in [1.807, 2.05) is 39.0 Å². The zero-order valence-corrected chi connectivity index (χ0v) is 21.0. The first-order valence-electron chi connectivity index (χ1n) is 11.6. The van der Waals surface area contributed by atoms with E-state index in [0.717, 1.165) is 16.5 Å². The Morgan fingerprint density at radius 3 is 2.23 bits per heavy atom. The number of sulfonamides is 1. The summed E-state index contributed by atoms with van der Waals surface area (Å²) in [6.07, 6.45) is 1.47. The summed E-state index contributed by atoms with van der Waals surface area (Å²) < 4.78 is 26.9. The summed E-state index contributed by atoms with van der Waals surface area (Å²) in [6.45, 7) is 7.19. The van der Waals surface area contributed by atoms with Crippen molar-refractivity contribution in [2.24, 2.45) is 0 Å². The fourth-order valence-electron chi connectivity index (χ4n) is 4.14. The van der Waals surface area contributed by atoms with Crippen LogP contribution in [0.3, 0.4) is 0 Å². The van der Waals surface area contributed by atoms with Gasteiger partial charge in [-0.25, -0.2) is 18.4 Å². The van der Waals surface area contributed by atoms with Crippen molar-refractivity contribution in [3.63, 3.8) is 0 Å². The van der Waals surface area contributed by atoms with Crippen LogP contribution in [0, 0.1) is 0 Å². The Morgan fingerprint density at radius 2 is 1.54 bits per heavy atom. The van der Waals surface area contributed by atoms with E-state index in [1.165, 1.54) is 10.6 Å². The Morgan fingerprint density at radius 1 is 0.857 bits per heavy atom. The van der Waals surface area contributed by atoms with Crippen molar-refractivity contribution in [1.29, 1.82) is 0 Å². The predicted molar refractivity (Wildman–Crippen MR) is 143 cm³/mol. The van der Waals surface area contributed by atoms with Crippen molar-refractivity contribution >= 4 is 49.5 Å². The number of anilines is 5. The number of nitrogen functional groups attached to an aromatic ring is 1. The molecule has 0 unspecified atom stereocenters. The van der Waals surface area contributed by atoms with E-state index < -0.39 is 10.0 Å². The molecule has 0 aliphatic heterocycles. The van der Waals surface area contributed by atoms with Gasteiger partial charge in [0.15, 0.2) is 11.6 Å². The second kappa shape index (κ2) is 10.3. The number of nitrogens with two attached hydrogens (primary N) is 1. The molecule has 3 N–H and O–H groups in total. The molecule has 0 atom stereocenters. The molecule has 3 aromatic carbocycles. The molecular weight excluding hydrogens is 460 g/mol. The number of nitrogens with zero attached hydrogens (tertiary/aromatic N) is 4. The number of rotatable bonds is 9. The van der Waals surface area contributed by atoms with Crippen molar-refractivity contribution in [2.45, 2.75) is 25.7 Å². The van der Waals surface area contributed by atoms with Crippen molar-refractivity contribution in [3.05, 3.63) is 73.1 Å². The summed E-state index contributed by atoms with van der Waals surface area (Å²) in [4.78, 5) is 11.1. The van der Waals surface area contributed by atoms with Crippen molar-refractivity contribution in [1.82, 2.24) is 14.3 Å². The zero-order chi connectivity index (χ0) is 25.0. The van der Waals surface area contributed by atoms with Crippen LogP contribution in [-0.4, -0.2) is 42.3 Å². The molecule has 9 heteroatoms. The second-order valence-electron chi connectivity index (χ2n) is 7.94. The molecular formula is C26H30N6O2S. The molecule has 182 valence electrons. The molecule has 4 aromatic rings. The lowest BCUT2D eigenvalue weighted by atomic mass is 10.1.